The highest BCUT2D eigenvalue weighted by Crippen LogP contribution is 2.54. The number of carbonyl (C=O) groups is 2. The van der Waals surface area contributed by atoms with Gasteiger partial charge in [-0.25, -0.2) is 32.9 Å². The zero-order valence-corrected chi connectivity index (χ0v) is 23.8. The lowest BCUT2D eigenvalue weighted by molar-refractivity contribution is 0.102. The van der Waals surface area contributed by atoms with Gasteiger partial charge in [0.05, 0.1) is 11.7 Å². The molecule has 2 aromatic rings. The van der Waals surface area contributed by atoms with Crippen molar-refractivity contribution in [2.75, 3.05) is 34.8 Å². The van der Waals surface area contributed by atoms with E-state index in [4.69, 9.17) is 9.72 Å². The van der Waals surface area contributed by atoms with E-state index in [1.165, 1.54) is 42.1 Å². The van der Waals surface area contributed by atoms with Gasteiger partial charge in [-0.3, -0.25) is 9.69 Å². The number of rotatable bonds is 6. The molecule has 3 aliphatic rings. The van der Waals surface area contributed by atoms with Gasteiger partial charge in [0.15, 0.2) is 22.4 Å². The van der Waals surface area contributed by atoms with Gasteiger partial charge in [0, 0.05) is 18.6 Å². The monoisotopic (exact) mass is 557 g/mol. The average Bonchev–Trinajstić information content (AvgIpc) is 3.54. The van der Waals surface area contributed by atoms with Crippen LogP contribution in [0.1, 0.15) is 70.8 Å². The van der Waals surface area contributed by atoms with Gasteiger partial charge in [-0.2, -0.15) is 0 Å². The molecule has 3 fully saturated rings. The second kappa shape index (κ2) is 9.40. The molecule has 1 saturated carbocycles. The highest BCUT2D eigenvalue weighted by Gasteiger charge is 2.46. The lowest BCUT2D eigenvalue weighted by Gasteiger charge is -2.34. The Hall–Kier alpha value is -3.32. The number of amides is 2. The number of hydrogen-bond donors (Lipinski definition) is 2. The summed E-state index contributed by atoms with van der Waals surface area (Å²) in [6.45, 7) is 10.6. The molecule has 2 aromatic heterocycles. The first-order valence-corrected chi connectivity index (χ1v) is 14.6. The second-order valence-corrected chi connectivity index (χ2v) is 13.9. The number of sulfonamides is 1. The van der Waals surface area contributed by atoms with Gasteiger partial charge in [0.2, 0.25) is 0 Å². The third-order valence-electron chi connectivity index (χ3n) is 7.28. The molecule has 2 amide bonds. The van der Waals surface area contributed by atoms with E-state index in [9.17, 15) is 18.0 Å². The number of carbonyl (C=O) groups excluding carboxylic acids is 2. The maximum Gasteiger partial charge on any atom is 0.416 e. The lowest BCUT2D eigenvalue weighted by Crippen LogP contribution is -2.43. The molecule has 1 spiro atoms. The summed E-state index contributed by atoms with van der Waals surface area (Å²) in [5.74, 6) is 0.160. The Balaban J connectivity index is 1.45. The van der Waals surface area contributed by atoms with Crippen LogP contribution in [0.15, 0.2) is 29.4 Å². The molecule has 0 radical (unpaired) electrons. The SMILES string of the molecule is CC(C)(C)NS(=O)(=O)c1cccc(NC(=O)c2ncc(N3C(=O)OCC3(C)C)nc2N2CCC3(CC2)CC3)n1. The predicted octanol–water partition coefficient (Wildman–Crippen LogP) is 3.32. The third kappa shape index (κ3) is 5.69. The summed E-state index contributed by atoms with van der Waals surface area (Å²) >= 11 is 0. The molecule has 39 heavy (non-hydrogen) atoms. The minimum absolute atomic E-state index is 0.0634. The summed E-state index contributed by atoms with van der Waals surface area (Å²) in [6, 6.07) is 4.38. The quantitative estimate of drug-likeness (QED) is 0.546. The van der Waals surface area contributed by atoms with Crippen LogP contribution in [0.25, 0.3) is 0 Å². The topological polar surface area (TPSA) is 147 Å². The van der Waals surface area contributed by atoms with Crippen molar-refractivity contribution in [2.45, 2.75) is 76.4 Å². The average molecular weight is 558 g/mol. The van der Waals surface area contributed by atoms with Crippen molar-refractivity contribution in [1.82, 2.24) is 19.7 Å². The van der Waals surface area contributed by atoms with Gasteiger partial charge in [-0.1, -0.05) is 6.07 Å². The van der Waals surface area contributed by atoms with Crippen molar-refractivity contribution in [3.05, 3.63) is 30.1 Å². The Morgan fingerprint density at radius 1 is 1.08 bits per heavy atom. The maximum atomic E-state index is 13.5. The van der Waals surface area contributed by atoms with Gasteiger partial charge in [0.1, 0.15) is 12.4 Å². The van der Waals surface area contributed by atoms with Crippen LogP contribution in [0, 0.1) is 5.41 Å². The van der Waals surface area contributed by atoms with Crippen molar-refractivity contribution >= 4 is 39.5 Å². The van der Waals surface area contributed by atoms with E-state index in [1.807, 2.05) is 18.7 Å². The largest absolute Gasteiger partial charge is 0.447 e. The van der Waals surface area contributed by atoms with Gasteiger partial charge >= 0.3 is 6.09 Å². The molecule has 0 bridgehead atoms. The Bertz CT molecular complexity index is 1410. The van der Waals surface area contributed by atoms with Crippen molar-refractivity contribution in [3.63, 3.8) is 0 Å². The Morgan fingerprint density at radius 2 is 1.77 bits per heavy atom. The number of piperidine rings is 1. The van der Waals surface area contributed by atoms with E-state index >= 15 is 0 Å². The summed E-state index contributed by atoms with van der Waals surface area (Å²) < 4.78 is 33.3. The summed E-state index contributed by atoms with van der Waals surface area (Å²) in [6.07, 6.45) is 5.32. The fraction of sp³-hybridized carbons (Fsp3) is 0.577. The van der Waals surface area contributed by atoms with Crippen LogP contribution >= 0.6 is 0 Å². The van der Waals surface area contributed by atoms with Crippen LogP contribution < -0.4 is 19.8 Å². The first-order chi connectivity index (χ1) is 18.2. The second-order valence-electron chi connectivity index (χ2n) is 12.3. The maximum absolute atomic E-state index is 13.5. The van der Waals surface area contributed by atoms with Crippen molar-refractivity contribution < 1.29 is 22.7 Å². The number of aromatic nitrogens is 3. The van der Waals surface area contributed by atoms with Crippen molar-refractivity contribution in [2.24, 2.45) is 5.41 Å². The fourth-order valence-corrected chi connectivity index (χ4v) is 6.40. The molecule has 0 unspecified atom stereocenters. The number of hydrogen-bond acceptors (Lipinski definition) is 9. The van der Waals surface area contributed by atoms with E-state index in [-0.39, 0.29) is 23.1 Å². The standard InChI is InChI=1S/C26H35N7O5S/c1-24(2,3)31-39(36,37)19-8-6-7-17(28-19)29-22(34)20-21(32-13-11-26(9-10-26)12-14-32)30-18(15-27-20)33-23(35)38-16-25(33,4)5/h6-8,15,31H,9-14,16H2,1-5H3,(H,28,29,34). The number of ether oxygens (including phenoxy) is 1. The Labute approximate surface area is 228 Å². The van der Waals surface area contributed by atoms with Crippen LogP contribution in [0.4, 0.5) is 22.2 Å². The van der Waals surface area contributed by atoms with E-state index in [2.05, 4.69) is 20.0 Å². The molecule has 1 aliphatic carbocycles. The van der Waals surface area contributed by atoms with Crippen LogP contribution in [-0.4, -0.2) is 66.1 Å². The number of nitrogens with zero attached hydrogens (tertiary/aromatic N) is 5. The molecule has 12 nitrogen and oxygen atoms in total. The molecule has 5 rings (SSSR count). The molecule has 210 valence electrons. The van der Waals surface area contributed by atoms with E-state index in [1.54, 1.807) is 20.8 Å². The molecule has 13 heteroatoms. The zero-order valence-electron chi connectivity index (χ0n) is 22.9. The first kappa shape index (κ1) is 27.3. The predicted molar refractivity (Wildman–Crippen MR) is 145 cm³/mol. The molecule has 4 heterocycles. The van der Waals surface area contributed by atoms with Crippen LogP contribution in [-0.2, 0) is 14.8 Å². The third-order valence-corrected chi connectivity index (χ3v) is 8.94. The van der Waals surface area contributed by atoms with Crippen molar-refractivity contribution in [3.8, 4) is 0 Å². The van der Waals surface area contributed by atoms with Crippen molar-refractivity contribution in [1.29, 1.82) is 0 Å². The minimum atomic E-state index is -3.90. The van der Waals surface area contributed by atoms with Gasteiger partial charge in [0.25, 0.3) is 15.9 Å². The molecule has 2 N–H and O–H groups in total. The molecule has 2 aliphatic heterocycles. The molecular formula is C26H35N7O5S. The van der Waals surface area contributed by atoms with Crippen LogP contribution in [0.5, 0.6) is 0 Å². The highest BCUT2D eigenvalue weighted by atomic mass is 32.2. The molecule has 2 saturated heterocycles. The minimum Gasteiger partial charge on any atom is -0.447 e. The van der Waals surface area contributed by atoms with E-state index in [0.29, 0.717) is 17.1 Å². The molecular weight excluding hydrogens is 522 g/mol. The van der Waals surface area contributed by atoms with Crippen LogP contribution in [0.2, 0.25) is 0 Å². The summed E-state index contributed by atoms with van der Waals surface area (Å²) in [4.78, 5) is 42.8. The summed E-state index contributed by atoms with van der Waals surface area (Å²) in [5.41, 5.74) is -0.847. The number of anilines is 3. The Kier molecular flexibility index (Phi) is 6.57. The van der Waals surface area contributed by atoms with Gasteiger partial charge in [-0.15, -0.1) is 0 Å². The molecule has 0 atom stereocenters. The van der Waals surface area contributed by atoms with Crippen LogP contribution in [0.3, 0.4) is 0 Å². The number of nitrogens with one attached hydrogen (secondary N) is 2. The first-order valence-electron chi connectivity index (χ1n) is 13.1. The summed E-state index contributed by atoms with van der Waals surface area (Å²) in [7, 11) is -3.90. The number of pyridine rings is 1. The normalized spacial score (nSPS) is 20.2. The smallest absolute Gasteiger partial charge is 0.416 e. The lowest BCUT2D eigenvalue weighted by atomic mass is 9.93. The van der Waals surface area contributed by atoms with E-state index in [0.717, 1.165) is 25.9 Å². The van der Waals surface area contributed by atoms with Gasteiger partial charge in [-0.05, 0) is 77.8 Å². The number of cyclic esters (lactones) is 1. The fourth-order valence-electron chi connectivity index (χ4n) is 5.01. The summed E-state index contributed by atoms with van der Waals surface area (Å²) in [5, 5.41) is 2.47. The zero-order chi connectivity index (χ0) is 28.2. The Morgan fingerprint density at radius 3 is 2.36 bits per heavy atom. The van der Waals surface area contributed by atoms with Gasteiger partial charge < -0.3 is 15.0 Å². The highest BCUT2D eigenvalue weighted by molar-refractivity contribution is 7.89. The molecule has 0 aromatic carbocycles. The van der Waals surface area contributed by atoms with E-state index < -0.39 is 33.1 Å².